The summed E-state index contributed by atoms with van der Waals surface area (Å²) in [5.41, 5.74) is 1.46. The van der Waals surface area contributed by atoms with Crippen molar-refractivity contribution in [1.29, 1.82) is 0 Å². The largest absolute Gasteiger partial charge is 0.508 e. The summed E-state index contributed by atoms with van der Waals surface area (Å²) in [7, 11) is 1.56. The molecule has 0 aliphatic heterocycles. The van der Waals surface area contributed by atoms with E-state index < -0.39 is 35.6 Å². The van der Waals surface area contributed by atoms with Crippen LogP contribution in [0.25, 0.3) is 0 Å². The molecule has 10 heteroatoms. The van der Waals surface area contributed by atoms with E-state index in [9.17, 15) is 24.6 Å². The number of nitrogens with one attached hydrogen (secondary N) is 2. The van der Waals surface area contributed by atoms with Crippen LogP contribution in [0.2, 0.25) is 0 Å². The van der Waals surface area contributed by atoms with Crippen LogP contribution >= 0.6 is 0 Å². The Kier molecular flexibility index (Phi) is 13.5. The number of aromatic hydroxyl groups is 2. The molecule has 0 bridgehead atoms. The highest BCUT2D eigenvalue weighted by molar-refractivity contribution is 5.99. The molecule has 0 saturated carbocycles. The molecule has 0 aliphatic rings. The van der Waals surface area contributed by atoms with E-state index in [1.165, 1.54) is 23.1 Å². The monoisotopic (exact) mass is 647 g/mol. The van der Waals surface area contributed by atoms with Gasteiger partial charge in [0.05, 0.1) is 7.11 Å². The lowest BCUT2D eigenvalue weighted by Gasteiger charge is -2.35. The second kappa shape index (κ2) is 17.3. The van der Waals surface area contributed by atoms with Crippen molar-refractivity contribution in [3.8, 4) is 17.2 Å². The maximum Gasteiger partial charge on any atom is 0.408 e. The summed E-state index contributed by atoms with van der Waals surface area (Å²) in [6.45, 7) is 9.30. The number of ether oxygens (including phenoxy) is 2. The number of amides is 3. The molecule has 3 aromatic carbocycles. The molecule has 4 N–H and O–H groups in total. The van der Waals surface area contributed by atoms with E-state index in [0.29, 0.717) is 34.5 Å². The van der Waals surface area contributed by atoms with Gasteiger partial charge in [0, 0.05) is 18.7 Å². The lowest BCUT2D eigenvalue weighted by Crippen LogP contribution is -2.53. The molecular weight excluding hydrogens is 598 g/mol. The Morgan fingerprint density at radius 3 is 2.15 bits per heavy atom. The summed E-state index contributed by atoms with van der Waals surface area (Å²) in [4.78, 5) is 43.5. The van der Waals surface area contributed by atoms with Gasteiger partial charge in [-0.1, -0.05) is 50.8 Å². The van der Waals surface area contributed by atoms with E-state index >= 15 is 0 Å². The van der Waals surface area contributed by atoms with Gasteiger partial charge in [0.15, 0.2) is 0 Å². The number of nitrogens with zero attached hydrogens (tertiary/aromatic N) is 1. The molecule has 3 rings (SSSR count). The standard InChI is InChI=1S/C37H49N3O7/c1-7-8-9-10-11-22-40(35(44)31(39-36(45)47-37(3,4)5)24-26-12-17-29(41)18-13-26)33(27-14-21-32(42)25(2)23-27)34(43)38-28-15-19-30(46-6)20-16-28/h12-21,23,31,33,41-42H,7-11,22,24H2,1-6H3,(H,38,43)(H,39,45). The zero-order valence-corrected chi connectivity index (χ0v) is 28.3. The van der Waals surface area contributed by atoms with Gasteiger partial charge in [-0.2, -0.15) is 0 Å². The summed E-state index contributed by atoms with van der Waals surface area (Å²) in [6.07, 6.45) is 3.89. The predicted molar refractivity (Wildman–Crippen MR) is 183 cm³/mol. The Morgan fingerprint density at radius 2 is 1.55 bits per heavy atom. The number of carbonyl (C=O) groups is 3. The third-order valence-corrected chi connectivity index (χ3v) is 7.61. The average Bonchev–Trinajstić information content (AvgIpc) is 3.01. The van der Waals surface area contributed by atoms with Crippen LogP contribution in [0, 0.1) is 6.92 Å². The maximum absolute atomic E-state index is 14.7. The van der Waals surface area contributed by atoms with Crippen LogP contribution in [0.1, 0.15) is 82.5 Å². The first kappa shape index (κ1) is 36.7. The van der Waals surface area contributed by atoms with Gasteiger partial charge in [-0.3, -0.25) is 9.59 Å². The fourth-order valence-electron chi connectivity index (χ4n) is 5.18. The lowest BCUT2D eigenvalue weighted by atomic mass is 9.98. The first-order valence-electron chi connectivity index (χ1n) is 16.1. The zero-order valence-electron chi connectivity index (χ0n) is 28.3. The second-order valence-corrected chi connectivity index (χ2v) is 12.7. The number of anilines is 1. The van der Waals surface area contributed by atoms with Crippen molar-refractivity contribution in [2.24, 2.45) is 0 Å². The van der Waals surface area contributed by atoms with Crippen molar-refractivity contribution in [3.05, 3.63) is 83.4 Å². The second-order valence-electron chi connectivity index (χ2n) is 12.7. The lowest BCUT2D eigenvalue weighted by molar-refractivity contribution is -0.140. The Bertz CT molecular complexity index is 1470. The normalized spacial score (nSPS) is 12.5. The van der Waals surface area contributed by atoms with Crippen LogP contribution in [-0.2, 0) is 20.7 Å². The minimum Gasteiger partial charge on any atom is -0.508 e. The number of rotatable bonds is 15. The first-order chi connectivity index (χ1) is 22.3. The summed E-state index contributed by atoms with van der Waals surface area (Å²) in [5, 5.41) is 25.9. The molecule has 0 aromatic heterocycles. The van der Waals surface area contributed by atoms with Crippen molar-refractivity contribution >= 4 is 23.6 Å². The molecule has 3 aromatic rings. The Labute approximate surface area is 278 Å². The number of hydrogen-bond acceptors (Lipinski definition) is 7. The van der Waals surface area contributed by atoms with Crippen LogP contribution in [0.3, 0.4) is 0 Å². The van der Waals surface area contributed by atoms with Crippen molar-refractivity contribution < 1.29 is 34.1 Å². The van der Waals surface area contributed by atoms with Crippen LogP contribution in [0.15, 0.2) is 66.7 Å². The number of aryl methyl sites for hydroxylation is 1. The van der Waals surface area contributed by atoms with E-state index in [2.05, 4.69) is 17.6 Å². The molecule has 10 nitrogen and oxygen atoms in total. The fourth-order valence-corrected chi connectivity index (χ4v) is 5.18. The molecule has 2 unspecified atom stereocenters. The van der Waals surface area contributed by atoms with Gasteiger partial charge in [0.2, 0.25) is 5.91 Å². The van der Waals surface area contributed by atoms with Gasteiger partial charge >= 0.3 is 6.09 Å². The topological polar surface area (TPSA) is 137 Å². The first-order valence-corrected chi connectivity index (χ1v) is 16.1. The molecule has 254 valence electrons. The molecule has 2 atom stereocenters. The quantitative estimate of drug-likeness (QED) is 0.130. The molecule has 0 radical (unpaired) electrons. The predicted octanol–water partition coefficient (Wildman–Crippen LogP) is 7.03. The summed E-state index contributed by atoms with van der Waals surface area (Å²) in [5.74, 6) is -0.161. The molecule has 3 amide bonds. The van der Waals surface area contributed by atoms with E-state index in [4.69, 9.17) is 9.47 Å². The summed E-state index contributed by atoms with van der Waals surface area (Å²) >= 11 is 0. The molecule has 0 heterocycles. The molecule has 0 aliphatic carbocycles. The van der Waals surface area contributed by atoms with Crippen molar-refractivity contribution in [2.45, 2.75) is 90.8 Å². The fraction of sp³-hybridized carbons (Fsp3) is 0.432. The number of hydrogen-bond donors (Lipinski definition) is 4. The zero-order chi connectivity index (χ0) is 34.6. The van der Waals surface area contributed by atoms with E-state index in [1.54, 1.807) is 83.3 Å². The highest BCUT2D eigenvalue weighted by atomic mass is 16.6. The molecule has 47 heavy (non-hydrogen) atoms. The van der Waals surface area contributed by atoms with E-state index in [0.717, 1.165) is 25.7 Å². The highest BCUT2D eigenvalue weighted by Gasteiger charge is 2.36. The highest BCUT2D eigenvalue weighted by Crippen LogP contribution is 2.29. The van der Waals surface area contributed by atoms with Crippen LogP contribution in [-0.4, -0.2) is 58.3 Å². The van der Waals surface area contributed by atoms with Crippen molar-refractivity contribution in [3.63, 3.8) is 0 Å². The number of carbonyl (C=O) groups excluding carboxylic acids is 3. The van der Waals surface area contributed by atoms with Crippen LogP contribution in [0.5, 0.6) is 17.2 Å². The number of benzene rings is 3. The Morgan fingerprint density at radius 1 is 0.894 bits per heavy atom. The number of phenolic OH excluding ortho intramolecular Hbond substituents is 2. The number of unbranched alkanes of at least 4 members (excludes halogenated alkanes) is 4. The Hall–Kier alpha value is -4.73. The number of phenols is 2. The molecule has 0 fully saturated rings. The number of alkyl carbamates (subject to hydrolysis) is 1. The summed E-state index contributed by atoms with van der Waals surface area (Å²) < 4.78 is 10.8. The minimum absolute atomic E-state index is 0.0669. The minimum atomic E-state index is -1.10. The third-order valence-electron chi connectivity index (χ3n) is 7.61. The van der Waals surface area contributed by atoms with Gasteiger partial charge in [-0.05, 0) is 99.3 Å². The summed E-state index contributed by atoms with van der Waals surface area (Å²) in [6, 6.07) is 15.9. The third kappa shape index (κ3) is 11.5. The van der Waals surface area contributed by atoms with Gasteiger partial charge in [-0.25, -0.2) is 4.79 Å². The van der Waals surface area contributed by atoms with Gasteiger partial charge in [-0.15, -0.1) is 0 Å². The van der Waals surface area contributed by atoms with Crippen molar-refractivity contribution in [2.75, 3.05) is 19.0 Å². The van der Waals surface area contributed by atoms with Crippen LogP contribution in [0.4, 0.5) is 10.5 Å². The smallest absolute Gasteiger partial charge is 0.408 e. The van der Waals surface area contributed by atoms with E-state index in [1.807, 2.05) is 0 Å². The van der Waals surface area contributed by atoms with Gasteiger partial charge < -0.3 is 35.2 Å². The van der Waals surface area contributed by atoms with Crippen LogP contribution < -0.4 is 15.4 Å². The van der Waals surface area contributed by atoms with E-state index in [-0.39, 0.29) is 24.5 Å². The molecule has 0 spiro atoms. The molecule has 0 saturated heterocycles. The van der Waals surface area contributed by atoms with Gasteiger partial charge in [0.1, 0.15) is 34.9 Å². The Balaban J connectivity index is 2.09. The van der Waals surface area contributed by atoms with Gasteiger partial charge in [0.25, 0.3) is 5.91 Å². The van der Waals surface area contributed by atoms with Crippen molar-refractivity contribution in [1.82, 2.24) is 10.2 Å². The average molecular weight is 648 g/mol. The number of methoxy groups -OCH3 is 1. The molecular formula is C37H49N3O7. The SMILES string of the molecule is CCCCCCCN(C(=O)C(Cc1ccc(O)cc1)NC(=O)OC(C)(C)C)C(C(=O)Nc1ccc(OC)cc1)c1ccc(O)c(C)c1. The maximum atomic E-state index is 14.7.